The molecule has 0 rings (SSSR count). The van der Waals surface area contributed by atoms with Crippen LogP contribution in [0, 0.1) is 6.58 Å². The summed E-state index contributed by atoms with van der Waals surface area (Å²) in [5, 5.41) is 0. The third-order valence-electron chi connectivity index (χ3n) is 0.161. The number of allylic oxidation sites excluding steroid dienone is 1. The fourth-order valence-electron chi connectivity index (χ4n) is 0. The summed E-state index contributed by atoms with van der Waals surface area (Å²) in [6.07, 6.45) is 1.47. The van der Waals surface area contributed by atoms with Gasteiger partial charge in [0.25, 0.3) is 0 Å². The Hall–Kier alpha value is 0.0983. The van der Waals surface area contributed by atoms with Crippen molar-refractivity contribution in [2.45, 2.75) is 6.92 Å². The van der Waals surface area contributed by atoms with E-state index >= 15 is 0 Å². The van der Waals surface area contributed by atoms with E-state index in [0.29, 0.717) is 0 Å². The molecule has 0 aliphatic carbocycles. The molecule has 0 heterocycles. The van der Waals surface area contributed by atoms with E-state index in [-0.39, 0.29) is 26.6 Å². The summed E-state index contributed by atoms with van der Waals surface area (Å²) in [5.74, 6) is 0. The molecule has 34 valence electrons. The topological polar surface area (TPSA) is 17.1 Å². The molecule has 6 heavy (non-hydrogen) atoms. The van der Waals surface area contributed by atoms with Crippen molar-refractivity contribution in [1.29, 1.82) is 0 Å². The molecule has 0 N–H and O–H groups in total. The Morgan fingerprint density at radius 1 is 1.83 bits per heavy atom. The SMILES string of the molecule is [CH-]=C(C)[C-]=O.[W]. The van der Waals surface area contributed by atoms with Crippen molar-refractivity contribution in [3.63, 3.8) is 0 Å². The van der Waals surface area contributed by atoms with Crippen molar-refractivity contribution in [1.82, 2.24) is 0 Å². The molecule has 0 amide bonds. The molecule has 0 radical (unpaired) electrons. The van der Waals surface area contributed by atoms with Gasteiger partial charge in [0, 0.05) is 21.1 Å². The zero-order chi connectivity index (χ0) is 4.28. The van der Waals surface area contributed by atoms with Crippen LogP contribution in [0.5, 0.6) is 0 Å². The first-order chi connectivity index (χ1) is 2.27. The normalized spacial score (nSPS) is 5.50. The summed E-state index contributed by atoms with van der Waals surface area (Å²) in [7, 11) is 0. The Labute approximate surface area is 51.7 Å². The van der Waals surface area contributed by atoms with Gasteiger partial charge in [0.2, 0.25) is 0 Å². The van der Waals surface area contributed by atoms with Gasteiger partial charge < -0.3 is 16.9 Å². The molecule has 0 saturated heterocycles. The van der Waals surface area contributed by atoms with Crippen LogP contribution in [0.1, 0.15) is 6.92 Å². The average molecular weight is 252 g/mol. The molecular weight excluding hydrogens is 248 g/mol. The van der Waals surface area contributed by atoms with Crippen LogP contribution in [0.15, 0.2) is 5.57 Å². The fourth-order valence-corrected chi connectivity index (χ4v) is 0. The zero-order valence-corrected chi connectivity index (χ0v) is 6.33. The first-order valence-corrected chi connectivity index (χ1v) is 1.24. The molecule has 0 aromatic rings. The summed E-state index contributed by atoms with van der Waals surface area (Å²) in [6.45, 7) is 6.28. The maximum Gasteiger partial charge on any atom is 0 e. The molecule has 0 aromatic heterocycles. The van der Waals surface area contributed by atoms with Gasteiger partial charge in [-0.2, -0.15) is 0 Å². The Morgan fingerprint density at radius 3 is 2.00 bits per heavy atom. The van der Waals surface area contributed by atoms with Crippen LogP contribution in [0.2, 0.25) is 0 Å². The second-order valence-corrected chi connectivity index (χ2v) is 0.785. The summed E-state index contributed by atoms with van der Waals surface area (Å²) in [5.41, 5.74) is 0.199. The van der Waals surface area contributed by atoms with E-state index in [9.17, 15) is 4.79 Å². The third-order valence-corrected chi connectivity index (χ3v) is 0.161. The minimum atomic E-state index is 0. The Bertz CT molecular complexity index is 58.6. The van der Waals surface area contributed by atoms with Gasteiger partial charge in [0.05, 0.1) is 0 Å². The molecule has 0 unspecified atom stereocenters. The predicted molar refractivity (Wildman–Crippen MR) is 19.2 cm³/mol. The van der Waals surface area contributed by atoms with Crippen molar-refractivity contribution in [2.75, 3.05) is 0 Å². The quantitative estimate of drug-likeness (QED) is 0.489. The van der Waals surface area contributed by atoms with Crippen LogP contribution < -0.4 is 0 Å². The Balaban J connectivity index is 0. The van der Waals surface area contributed by atoms with Gasteiger partial charge >= 0.3 is 0 Å². The van der Waals surface area contributed by atoms with Gasteiger partial charge in [-0.15, -0.1) is 6.92 Å². The third kappa shape index (κ3) is 8.94. The maximum absolute atomic E-state index is 9.22. The van der Waals surface area contributed by atoms with Crippen molar-refractivity contribution in [3.8, 4) is 0 Å². The molecule has 0 aromatic carbocycles. The molecule has 2 heteroatoms. The first-order valence-electron chi connectivity index (χ1n) is 1.24. The second-order valence-electron chi connectivity index (χ2n) is 0.785. The van der Waals surface area contributed by atoms with Gasteiger partial charge in [-0.1, -0.05) is 0 Å². The molecule has 0 saturated carbocycles. The fraction of sp³-hybridized carbons (Fsp3) is 0.250. The van der Waals surface area contributed by atoms with E-state index in [2.05, 4.69) is 0 Å². The smallest absolute Gasteiger partial charge is 0 e. The van der Waals surface area contributed by atoms with Crippen molar-refractivity contribution >= 4 is 6.29 Å². The van der Waals surface area contributed by atoms with Crippen LogP contribution in [0.4, 0.5) is 0 Å². The minimum absolute atomic E-state index is 0. The molecule has 1 nitrogen and oxygen atoms in total. The van der Waals surface area contributed by atoms with E-state index in [1.165, 1.54) is 13.2 Å². The zero-order valence-electron chi connectivity index (χ0n) is 3.39. The second kappa shape index (κ2) is 5.10. The van der Waals surface area contributed by atoms with Crippen LogP contribution in [-0.2, 0) is 25.9 Å². The van der Waals surface area contributed by atoms with Crippen LogP contribution >= 0.6 is 0 Å². The predicted octanol–water partition coefficient (Wildman–Crippen LogP) is 0.473. The maximum atomic E-state index is 9.22. The van der Waals surface area contributed by atoms with E-state index in [4.69, 9.17) is 6.58 Å². The first kappa shape index (κ1) is 9.44. The number of rotatable bonds is 1. The standard InChI is InChI=1S/C4H4O.W/c1-4(2)3-5;/h1H,2H3;/q-2;. The van der Waals surface area contributed by atoms with E-state index in [0.717, 1.165) is 0 Å². The number of hydrogen-bond acceptors (Lipinski definition) is 1. The van der Waals surface area contributed by atoms with Gasteiger partial charge in [-0.3, -0.25) is 6.29 Å². The van der Waals surface area contributed by atoms with Crippen molar-refractivity contribution < 1.29 is 25.9 Å². The van der Waals surface area contributed by atoms with Gasteiger partial charge in [-0.25, -0.2) is 0 Å². The monoisotopic (exact) mass is 252 g/mol. The molecule has 0 aliphatic rings. The number of carbonyl (C=O) groups excluding carboxylic acids is 1. The van der Waals surface area contributed by atoms with Gasteiger partial charge in [-0.05, 0) is 0 Å². The largest absolute Gasteiger partial charge is 0.544 e. The summed E-state index contributed by atoms with van der Waals surface area (Å²) < 4.78 is 0. The Kier molecular flexibility index (Phi) is 8.02. The van der Waals surface area contributed by atoms with Crippen molar-refractivity contribution in [3.05, 3.63) is 12.2 Å². The van der Waals surface area contributed by atoms with E-state index in [1.807, 2.05) is 0 Å². The molecule has 0 bridgehead atoms. The van der Waals surface area contributed by atoms with E-state index < -0.39 is 0 Å². The van der Waals surface area contributed by atoms with E-state index in [1.54, 1.807) is 0 Å². The van der Waals surface area contributed by atoms with Crippen LogP contribution in [-0.4, -0.2) is 6.29 Å². The Morgan fingerprint density at radius 2 is 2.00 bits per heavy atom. The molecule has 0 spiro atoms. The van der Waals surface area contributed by atoms with Gasteiger partial charge in [0.15, 0.2) is 0 Å². The van der Waals surface area contributed by atoms with Crippen LogP contribution in [0.25, 0.3) is 0 Å². The molecule has 0 atom stereocenters. The summed E-state index contributed by atoms with van der Waals surface area (Å²) in [4.78, 5) is 9.22. The molecule has 0 aliphatic heterocycles. The van der Waals surface area contributed by atoms with Gasteiger partial charge in [0.1, 0.15) is 0 Å². The van der Waals surface area contributed by atoms with Crippen LogP contribution in [0.3, 0.4) is 0 Å². The summed E-state index contributed by atoms with van der Waals surface area (Å²) in [6, 6.07) is 0. The average Bonchev–Trinajstić information content (AvgIpc) is 1.38. The number of hydrogen-bond donors (Lipinski definition) is 0. The van der Waals surface area contributed by atoms with Crippen molar-refractivity contribution in [2.24, 2.45) is 0 Å². The molecule has 0 fully saturated rings. The summed E-state index contributed by atoms with van der Waals surface area (Å²) >= 11 is 0. The minimum Gasteiger partial charge on any atom is -0.544 e. The molecular formula is C4H4OW-2.